The van der Waals surface area contributed by atoms with Crippen molar-refractivity contribution in [2.75, 3.05) is 24.3 Å². The minimum atomic E-state index is -0.162. The van der Waals surface area contributed by atoms with Crippen LogP contribution in [0.4, 0.5) is 5.82 Å². The number of thioether (sulfide) groups is 1. The number of amides is 1. The van der Waals surface area contributed by atoms with E-state index in [0.29, 0.717) is 17.9 Å². The molecule has 0 spiro atoms. The fourth-order valence-electron chi connectivity index (χ4n) is 0.984. The number of hydrogen-bond donors (Lipinski definition) is 2. The van der Waals surface area contributed by atoms with Crippen LogP contribution < -0.4 is 11.1 Å². The van der Waals surface area contributed by atoms with Gasteiger partial charge in [0.15, 0.2) is 0 Å². The molecule has 1 aromatic heterocycles. The first-order chi connectivity index (χ1) is 6.66. The fourth-order valence-corrected chi connectivity index (χ4v) is 1.29. The lowest BCUT2D eigenvalue weighted by Crippen LogP contribution is -2.26. The van der Waals surface area contributed by atoms with E-state index >= 15 is 0 Å². The molecule has 0 atom stereocenters. The van der Waals surface area contributed by atoms with E-state index in [1.165, 1.54) is 10.9 Å². The summed E-state index contributed by atoms with van der Waals surface area (Å²) in [5, 5.41) is 6.65. The van der Waals surface area contributed by atoms with E-state index in [2.05, 4.69) is 10.4 Å². The van der Waals surface area contributed by atoms with Crippen LogP contribution >= 0.6 is 11.8 Å². The molecule has 78 valence electrons. The van der Waals surface area contributed by atoms with Crippen LogP contribution in [0.25, 0.3) is 0 Å². The first kappa shape index (κ1) is 10.9. The molecule has 1 aromatic rings. The van der Waals surface area contributed by atoms with Crippen molar-refractivity contribution in [3.63, 3.8) is 0 Å². The zero-order valence-electron chi connectivity index (χ0n) is 8.28. The minimum Gasteiger partial charge on any atom is -0.383 e. The highest BCUT2D eigenvalue weighted by Gasteiger charge is 2.12. The van der Waals surface area contributed by atoms with Crippen LogP contribution in [-0.2, 0) is 7.05 Å². The second-order valence-electron chi connectivity index (χ2n) is 2.82. The van der Waals surface area contributed by atoms with Crippen molar-refractivity contribution in [2.24, 2.45) is 7.05 Å². The number of nitrogens with zero attached hydrogens (tertiary/aromatic N) is 2. The van der Waals surface area contributed by atoms with Crippen molar-refractivity contribution in [1.29, 1.82) is 0 Å². The van der Waals surface area contributed by atoms with Crippen molar-refractivity contribution >= 4 is 23.5 Å². The summed E-state index contributed by atoms with van der Waals surface area (Å²) in [4.78, 5) is 11.5. The van der Waals surface area contributed by atoms with Crippen molar-refractivity contribution < 1.29 is 4.79 Å². The van der Waals surface area contributed by atoms with E-state index in [4.69, 9.17) is 5.73 Å². The molecule has 0 saturated carbocycles. The number of nitrogen functional groups attached to an aromatic ring is 1. The van der Waals surface area contributed by atoms with E-state index in [9.17, 15) is 4.79 Å². The van der Waals surface area contributed by atoms with Crippen LogP contribution in [0.3, 0.4) is 0 Å². The van der Waals surface area contributed by atoms with Gasteiger partial charge in [0.25, 0.3) is 5.91 Å². The molecule has 14 heavy (non-hydrogen) atoms. The number of carbonyl (C=O) groups is 1. The van der Waals surface area contributed by atoms with Gasteiger partial charge in [0.2, 0.25) is 0 Å². The number of anilines is 1. The average molecular weight is 214 g/mol. The molecule has 0 fully saturated rings. The molecule has 0 aliphatic heterocycles. The van der Waals surface area contributed by atoms with E-state index in [1.807, 2.05) is 6.26 Å². The van der Waals surface area contributed by atoms with Crippen LogP contribution in [0.1, 0.15) is 10.4 Å². The molecule has 0 aromatic carbocycles. The quantitative estimate of drug-likeness (QED) is 0.697. The molecule has 0 aliphatic rings. The number of aromatic nitrogens is 2. The summed E-state index contributed by atoms with van der Waals surface area (Å²) in [6.45, 7) is 0.647. The van der Waals surface area contributed by atoms with Crippen LogP contribution in [-0.4, -0.2) is 34.2 Å². The second-order valence-corrected chi connectivity index (χ2v) is 3.80. The molecule has 0 unspecified atom stereocenters. The minimum absolute atomic E-state index is 0.162. The molecule has 1 amide bonds. The summed E-state index contributed by atoms with van der Waals surface area (Å²) in [6.07, 6.45) is 3.47. The van der Waals surface area contributed by atoms with Gasteiger partial charge >= 0.3 is 0 Å². The molecule has 5 nitrogen and oxygen atoms in total. The number of aryl methyl sites for hydroxylation is 1. The number of nitrogens with two attached hydrogens (primary N) is 1. The SMILES string of the molecule is CSCCNC(=O)c1cnn(C)c1N. The third-order valence-electron chi connectivity index (χ3n) is 1.82. The van der Waals surface area contributed by atoms with Crippen molar-refractivity contribution in [2.45, 2.75) is 0 Å². The summed E-state index contributed by atoms with van der Waals surface area (Å²) >= 11 is 1.68. The van der Waals surface area contributed by atoms with Crippen molar-refractivity contribution in [1.82, 2.24) is 15.1 Å². The number of nitrogens with one attached hydrogen (secondary N) is 1. The van der Waals surface area contributed by atoms with Crippen molar-refractivity contribution in [3.8, 4) is 0 Å². The van der Waals surface area contributed by atoms with Crippen LogP contribution in [0, 0.1) is 0 Å². The van der Waals surface area contributed by atoms with Gasteiger partial charge in [0, 0.05) is 19.3 Å². The topological polar surface area (TPSA) is 72.9 Å². The summed E-state index contributed by atoms with van der Waals surface area (Å²) in [5.74, 6) is 1.13. The Bertz CT molecular complexity index is 323. The van der Waals surface area contributed by atoms with Gasteiger partial charge in [-0.3, -0.25) is 9.48 Å². The standard InChI is InChI=1S/C8H14N4OS/c1-12-7(9)6(5-11-12)8(13)10-3-4-14-2/h5H,3-4,9H2,1-2H3,(H,10,13). The summed E-state index contributed by atoms with van der Waals surface area (Å²) in [7, 11) is 1.70. The largest absolute Gasteiger partial charge is 0.383 e. The van der Waals surface area contributed by atoms with Gasteiger partial charge in [-0.25, -0.2) is 0 Å². The van der Waals surface area contributed by atoms with Gasteiger partial charge < -0.3 is 11.1 Å². The first-order valence-electron chi connectivity index (χ1n) is 4.21. The Morgan fingerprint density at radius 1 is 1.79 bits per heavy atom. The van der Waals surface area contributed by atoms with Gasteiger partial charge in [0.05, 0.1) is 6.20 Å². The Labute approximate surface area is 87.0 Å². The third kappa shape index (κ3) is 2.41. The first-order valence-corrected chi connectivity index (χ1v) is 5.60. The molecule has 1 heterocycles. The predicted octanol–water partition coefficient (Wildman–Crippen LogP) is 0.0951. The summed E-state index contributed by atoms with van der Waals surface area (Å²) in [5.41, 5.74) is 6.08. The highest BCUT2D eigenvalue weighted by Crippen LogP contribution is 2.08. The molecule has 6 heteroatoms. The molecule has 1 rings (SSSR count). The normalized spacial score (nSPS) is 10.1. The molecular formula is C8H14N4OS. The van der Waals surface area contributed by atoms with E-state index in [1.54, 1.807) is 18.8 Å². The fraction of sp³-hybridized carbons (Fsp3) is 0.500. The summed E-state index contributed by atoms with van der Waals surface area (Å²) in [6, 6.07) is 0. The van der Waals surface area contributed by atoms with E-state index in [0.717, 1.165) is 5.75 Å². The zero-order chi connectivity index (χ0) is 10.6. The van der Waals surface area contributed by atoms with Crippen LogP contribution in [0.5, 0.6) is 0 Å². The Hall–Kier alpha value is -1.17. The van der Waals surface area contributed by atoms with Crippen LogP contribution in [0.2, 0.25) is 0 Å². The lowest BCUT2D eigenvalue weighted by atomic mass is 10.3. The average Bonchev–Trinajstić information content (AvgIpc) is 2.48. The van der Waals surface area contributed by atoms with Gasteiger partial charge in [0.1, 0.15) is 11.4 Å². The molecule has 0 saturated heterocycles. The zero-order valence-corrected chi connectivity index (χ0v) is 9.10. The van der Waals surface area contributed by atoms with E-state index < -0.39 is 0 Å². The maximum Gasteiger partial charge on any atom is 0.256 e. The summed E-state index contributed by atoms with van der Waals surface area (Å²) < 4.78 is 1.48. The smallest absolute Gasteiger partial charge is 0.256 e. The highest BCUT2D eigenvalue weighted by molar-refractivity contribution is 7.98. The maximum absolute atomic E-state index is 11.5. The monoisotopic (exact) mass is 214 g/mol. The van der Waals surface area contributed by atoms with Gasteiger partial charge in [-0.1, -0.05) is 0 Å². The van der Waals surface area contributed by atoms with Gasteiger partial charge in [-0.15, -0.1) is 0 Å². The molecule has 3 N–H and O–H groups in total. The Balaban J connectivity index is 2.56. The maximum atomic E-state index is 11.5. The number of carbonyl (C=O) groups excluding carboxylic acids is 1. The lowest BCUT2D eigenvalue weighted by Gasteiger charge is -2.02. The Morgan fingerprint density at radius 2 is 2.50 bits per heavy atom. The molecular weight excluding hydrogens is 200 g/mol. The van der Waals surface area contributed by atoms with Crippen LogP contribution in [0.15, 0.2) is 6.20 Å². The predicted molar refractivity (Wildman–Crippen MR) is 58.3 cm³/mol. The van der Waals surface area contributed by atoms with Crippen molar-refractivity contribution in [3.05, 3.63) is 11.8 Å². The third-order valence-corrected chi connectivity index (χ3v) is 2.43. The van der Waals surface area contributed by atoms with Gasteiger partial charge in [-0.2, -0.15) is 16.9 Å². The number of rotatable bonds is 4. The Morgan fingerprint density at radius 3 is 3.00 bits per heavy atom. The molecule has 0 aliphatic carbocycles. The highest BCUT2D eigenvalue weighted by atomic mass is 32.2. The van der Waals surface area contributed by atoms with Gasteiger partial charge in [-0.05, 0) is 6.26 Å². The number of hydrogen-bond acceptors (Lipinski definition) is 4. The molecule has 0 bridgehead atoms. The second kappa shape index (κ2) is 4.90. The Kier molecular flexibility index (Phi) is 3.82. The van der Waals surface area contributed by atoms with E-state index in [-0.39, 0.29) is 5.91 Å². The molecule has 0 radical (unpaired) electrons. The lowest BCUT2D eigenvalue weighted by molar-refractivity contribution is 0.0957.